The standard InChI is InChI=1S/C13H7BrO3/c1-6-2-3-7-11-8(13(16)17-12(7)15)4-5-9(14)10(6)11/h2-5H,1H3. The van der Waals surface area contributed by atoms with Crippen molar-refractivity contribution in [3.05, 3.63) is 45.4 Å². The smallest absolute Gasteiger partial charge is 0.346 e. The number of esters is 2. The van der Waals surface area contributed by atoms with Gasteiger partial charge in [-0.2, -0.15) is 0 Å². The molecule has 1 aliphatic heterocycles. The van der Waals surface area contributed by atoms with Crippen molar-refractivity contribution in [2.75, 3.05) is 0 Å². The second kappa shape index (κ2) is 3.40. The zero-order chi connectivity index (χ0) is 12.2. The highest BCUT2D eigenvalue weighted by molar-refractivity contribution is 9.10. The van der Waals surface area contributed by atoms with E-state index in [0.717, 1.165) is 15.4 Å². The fourth-order valence-electron chi connectivity index (χ4n) is 2.15. The molecule has 3 nitrogen and oxygen atoms in total. The molecular formula is C13H7BrO3. The van der Waals surface area contributed by atoms with Crippen LogP contribution in [0, 0.1) is 6.92 Å². The van der Waals surface area contributed by atoms with Gasteiger partial charge in [0.05, 0.1) is 11.1 Å². The van der Waals surface area contributed by atoms with E-state index in [0.29, 0.717) is 16.5 Å². The van der Waals surface area contributed by atoms with Gasteiger partial charge in [-0.1, -0.05) is 22.0 Å². The fraction of sp³-hybridized carbons (Fsp3) is 0.0769. The summed E-state index contributed by atoms with van der Waals surface area (Å²) in [5, 5.41) is 1.57. The minimum atomic E-state index is -0.578. The lowest BCUT2D eigenvalue weighted by Gasteiger charge is -2.17. The van der Waals surface area contributed by atoms with Crippen molar-refractivity contribution in [1.82, 2.24) is 0 Å². The molecule has 84 valence electrons. The molecule has 0 amide bonds. The minimum absolute atomic E-state index is 0.446. The maximum absolute atomic E-state index is 11.6. The number of aryl methyl sites for hydroxylation is 1. The second-order valence-electron chi connectivity index (χ2n) is 3.95. The molecule has 0 atom stereocenters. The Morgan fingerprint density at radius 1 is 0.941 bits per heavy atom. The van der Waals surface area contributed by atoms with Gasteiger partial charge in [-0.25, -0.2) is 9.59 Å². The van der Waals surface area contributed by atoms with Crippen molar-refractivity contribution in [3.63, 3.8) is 0 Å². The molecule has 2 aromatic rings. The molecule has 0 saturated carbocycles. The second-order valence-corrected chi connectivity index (χ2v) is 4.81. The number of ether oxygens (including phenoxy) is 1. The third kappa shape index (κ3) is 1.34. The number of carbonyl (C=O) groups is 2. The van der Waals surface area contributed by atoms with Crippen LogP contribution < -0.4 is 0 Å². The molecule has 0 spiro atoms. The van der Waals surface area contributed by atoms with E-state index in [1.165, 1.54) is 0 Å². The number of hydrogen-bond acceptors (Lipinski definition) is 3. The van der Waals surface area contributed by atoms with Crippen LogP contribution in [-0.2, 0) is 4.74 Å². The SMILES string of the molecule is Cc1ccc2c3c(ccc(Br)c13)C(=O)OC2=O. The molecule has 0 N–H and O–H groups in total. The van der Waals surface area contributed by atoms with Crippen LogP contribution in [0.3, 0.4) is 0 Å². The summed E-state index contributed by atoms with van der Waals surface area (Å²) >= 11 is 3.45. The number of carbonyl (C=O) groups excluding carboxylic acids is 2. The first-order valence-electron chi connectivity index (χ1n) is 5.08. The Balaban J connectivity index is 2.61. The molecule has 2 aromatic carbocycles. The average Bonchev–Trinajstić information content (AvgIpc) is 2.28. The lowest BCUT2D eigenvalue weighted by Crippen LogP contribution is -2.19. The summed E-state index contributed by atoms with van der Waals surface area (Å²) < 4.78 is 5.56. The number of cyclic esters (lactones) is 2. The first-order chi connectivity index (χ1) is 8.09. The molecule has 0 radical (unpaired) electrons. The van der Waals surface area contributed by atoms with E-state index in [9.17, 15) is 9.59 Å². The van der Waals surface area contributed by atoms with Crippen LogP contribution in [0.5, 0.6) is 0 Å². The maximum Gasteiger partial charge on any atom is 0.346 e. The minimum Gasteiger partial charge on any atom is -0.386 e. The predicted octanol–water partition coefficient (Wildman–Crippen LogP) is 3.22. The van der Waals surface area contributed by atoms with E-state index in [-0.39, 0.29) is 0 Å². The van der Waals surface area contributed by atoms with Gasteiger partial charge >= 0.3 is 11.9 Å². The fourth-order valence-corrected chi connectivity index (χ4v) is 2.80. The Hall–Kier alpha value is -1.68. The topological polar surface area (TPSA) is 43.4 Å². The number of halogens is 1. The Labute approximate surface area is 106 Å². The summed E-state index contributed by atoms with van der Waals surface area (Å²) in [7, 11) is 0. The van der Waals surface area contributed by atoms with Crippen molar-refractivity contribution in [3.8, 4) is 0 Å². The highest BCUT2D eigenvalue weighted by Crippen LogP contribution is 2.35. The number of benzene rings is 2. The van der Waals surface area contributed by atoms with Crippen LogP contribution in [0.15, 0.2) is 28.7 Å². The van der Waals surface area contributed by atoms with E-state index in [2.05, 4.69) is 20.7 Å². The normalized spacial score (nSPS) is 14.0. The van der Waals surface area contributed by atoms with E-state index in [1.54, 1.807) is 18.2 Å². The summed E-state index contributed by atoms with van der Waals surface area (Å²) in [6, 6.07) is 7.02. The zero-order valence-corrected chi connectivity index (χ0v) is 10.5. The van der Waals surface area contributed by atoms with Gasteiger partial charge in [0.25, 0.3) is 0 Å². The number of rotatable bonds is 0. The van der Waals surface area contributed by atoms with Gasteiger partial charge in [0, 0.05) is 15.2 Å². The molecular weight excluding hydrogens is 284 g/mol. The van der Waals surface area contributed by atoms with Crippen LogP contribution in [0.1, 0.15) is 26.3 Å². The summed E-state index contributed by atoms with van der Waals surface area (Å²) in [5.74, 6) is -1.16. The average molecular weight is 291 g/mol. The van der Waals surface area contributed by atoms with Crippen LogP contribution in [0.2, 0.25) is 0 Å². The first kappa shape index (κ1) is 10.5. The van der Waals surface area contributed by atoms with Gasteiger partial charge in [-0.15, -0.1) is 0 Å². The van der Waals surface area contributed by atoms with Crippen molar-refractivity contribution >= 4 is 38.6 Å². The van der Waals surface area contributed by atoms with E-state index >= 15 is 0 Å². The molecule has 0 saturated heterocycles. The van der Waals surface area contributed by atoms with E-state index in [4.69, 9.17) is 0 Å². The van der Waals surface area contributed by atoms with Crippen LogP contribution in [0.25, 0.3) is 10.8 Å². The summed E-state index contributed by atoms with van der Waals surface area (Å²) in [6.45, 7) is 1.94. The maximum atomic E-state index is 11.6. The molecule has 0 unspecified atom stereocenters. The first-order valence-corrected chi connectivity index (χ1v) is 5.87. The summed E-state index contributed by atoms with van der Waals surface area (Å²) in [6.07, 6.45) is 0. The third-order valence-corrected chi connectivity index (χ3v) is 3.60. The largest absolute Gasteiger partial charge is 0.386 e. The van der Waals surface area contributed by atoms with Crippen LogP contribution in [-0.4, -0.2) is 11.9 Å². The van der Waals surface area contributed by atoms with Crippen LogP contribution >= 0.6 is 15.9 Å². The summed E-state index contributed by atoms with van der Waals surface area (Å²) in [5.41, 5.74) is 1.91. The molecule has 0 aliphatic carbocycles. The molecule has 3 rings (SSSR count). The molecule has 4 heteroatoms. The molecule has 17 heavy (non-hydrogen) atoms. The zero-order valence-electron chi connectivity index (χ0n) is 8.91. The quantitative estimate of drug-likeness (QED) is 0.553. The van der Waals surface area contributed by atoms with E-state index in [1.807, 2.05) is 13.0 Å². The van der Waals surface area contributed by atoms with Gasteiger partial charge in [0.15, 0.2) is 0 Å². The highest BCUT2D eigenvalue weighted by Gasteiger charge is 2.28. The van der Waals surface area contributed by atoms with Crippen molar-refractivity contribution in [2.24, 2.45) is 0 Å². The molecule has 1 aliphatic rings. The van der Waals surface area contributed by atoms with Crippen LogP contribution in [0.4, 0.5) is 0 Å². The lowest BCUT2D eigenvalue weighted by molar-refractivity contribution is 0.0391. The summed E-state index contributed by atoms with van der Waals surface area (Å²) in [4.78, 5) is 23.3. The van der Waals surface area contributed by atoms with E-state index < -0.39 is 11.9 Å². The molecule has 0 aromatic heterocycles. The van der Waals surface area contributed by atoms with Gasteiger partial charge in [0.2, 0.25) is 0 Å². The Bertz CT molecular complexity index is 634. The van der Waals surface area contributed by atoms with Crippen molar-refractivity contribution in [1.29, 1.82) is 0 Å². The van der Waals surface area contributed by atoms with Gasteiger partial charge in [0.1, 0.15) is 0 Å². The Morgan fingerprint density at radius 2 is 1.53 bits per heavy atom. The Morgan fingerprint density at radius 3 is 2.18 bits per heavy atom. The Kier molecular flexibility index (Phi) is 2.10. The third-order valence-electron chi connectivity index (χ3n) is 2.94. The van der Waals surface area contributed by atoms with Crippen molar-refractivity contribution in [2.45, 2.75) is 6.92 Å². The monoisotopic (exact) mass is 290 g/mol. The lowest BCUT2D eigenvalue weighted by atomic mass is 9.94. The molecule has 1 heterocycles. The molecule has 0 fully saturated rings. The van der Waals surface area contributed by atoms with Gasteiger partial charge in [-0.3, -0.25) is 0 Å². The predicted molar refractivity (Wildman–Crippen MR) is 66.1 cm³/mol. The molecule has 0 bridgehead atoms. The van der Waals surface area contributed by atoms with Gasteiger partial charge < -0.3 is 4.74 Å². The highest BCUT2D eigenvalue weighted by atomic mass is 79.9. The number of hydrogen-bond donors (Lipinski definition) is 0. The van der Waals surface area contributed by atoms with Crippen molar-refractivity contribution < 1.29 is 14.3 Å². The van der Waals surface area contributed by atoms with Gasteiger partial charge in [-0.05, 0) is 30.7 Å².